The molecule has 0 spiro atoms. The Morgan fingerprint density at radius 3 is 2.34 bits per heavy atom. The van der Waals surface area contributed by atoms with E-state index in [4.69, 9.17) is 9.47 Å². The minimum absolute atomic E-state index is 0.160. The van der Waals surface area contributed by atoms with Crippen molar-refractivity contribution in [1.29, 1.82) is 5.26 Å². The topological polar surface area (TPSA) is 112 Å². The molecule has 1 unspecified atom stereocenters. The lowest BCUT2D eigenvalue weighted by atomic mass is 10.1. The molecule has 32 heavy (non-hydrogen) atoms. The fourth-order valence-electron chi connectivity index (χ4n) is 3.16. The number of nitrogens with zero attached hydrogens (tertiary/aromatic N) is 2. The van der Waals surface area contributed by atoms with Crippen molar-refractivity contribution in [2.75, 3.05) is 25.6 Å². The van der Waals surface area contributed by atoms with E-state index in [1.807, 2.05) is 37.2 Å². The second-order valence-electron chi connectivity index (χ2n) is 7.41. The predicted octanol–water partition coefficient (Wildman–Crippen LogP) is 3.60. The summed E-state index contributed by atoms with van der Waals surface area (Å²) in [5.41, 5.74) is 2.75. The second-order valence-corrected chi connectivity index (χ2v) is 7.41. The highest BCUT2D eigenvalue weighted by Crippen LogP contribution is 2.21. The number of hydrogen-bond acceptors (Lipinski definition) is 7. The number of H-pyrrole nitrogens is 1. The van der Waals surface area contributed by atoms with Gasteiger partial charge in [-0.15, -0.1) is 0 Å². The van der Waals surface area contributed by atoms with E-state index in [0.717, 1.165) is 5.69 Å². The number of esters is 2. The average molecular weight is 437 g/mol. The number of aromatic amines is 1. The number of anilines is 1. The average Bonchev–Trinajstić information content (AvgIpc) is 3.05. The first-order valence-corrected chi connectivity index (χ1v) is 10.1. The Balaban J connectivity index is 2.19. The maximum atomic E-state index is 12.8. The normalized spacial score (nSPS) is 12.0. The molecular weight excluding hydrogens is 410 g/mol. The van der Waals surface area contributed by atoms with Crippen LogP contribution >= 0.6 is 0 Å². The van der Waals surface area contributed by atoms with E-state index in [0.29, 0.717) is 16.8 Å². The lowest BCUT2D eigenvalue weighted by Gasteiger charge is -2.13. The third-order valence-electron chi connectivity index (χ3n) is 4.88. The number of aromatic nitrogens is 1. The third kappa shape index (κ3) is 5.43. The van der Waals surface area contributed by atoms with Crippen molar-refractivity contribution in [3.63, 3.8) is 0 Å². The zero-order valence-corrected chi connectivity index (χ0v) is 19.1. The quantitative estimate of drug-likeness (QED) is 0.291. The van der Waals surface area contributed by atoms with Crippen molar-refractivity contribution in [1.82, 2.24) is 4.98 Å². The van der Waals surface area contributed by atoms with Crippen molar-refractivity contribution in [2.45, 2.75) is 33.8 Å². The lowest BCUT2D eigenvalue weighted by Crippen LogP contribution is -2.26. The van der Waals surface area contributed by atoms with E-state index >= 15 is 0 Å². The number of hydrogen-bond donors (Lipinski definition) is 1. The van der Waals surface area contributed by atoms with Crippen LogP contribution < -0.4 is 4.90 Å². The number of ether oxygens (including phenoxy) is 2. The van der Waals surface area contributed by atoms with Crippen LogP contribution in [0.4, 0.5) is 5.69 Å². The van der Waals surface area contributed by atoms with Gasteiger partial charge in [0.25, 0.3) is 0 Å². The Bertz CT molecular complexity index is 1090. The number of benzene rings is 1. The summed E-state index contributed by atoms with van der Waals surface area (Å²) in [6.07, 6.45) is 0.240. The number of nitriles is 1. The molecule has 1 heterocycles. The van der Waals surface area contributed by atoms with Gasteiger partial charge in [0.1, 0.15) is 11.6 Å². The summed E-state index contributed by atoms with van der Waals surface area (Å²) < 4.78 is 10.3. The number of rotatable bonds is 8. The van der Waals surface area contributed by atoms with Crippen LogP contribution in [-0.4, -0.2) is 49.5 Å². The highest BCUT2D eigenvalue weighted by molar-refractivity contribution is 6.05. The smallest absolute Gasteiger partial charge is 0.349 e. The van der Waals surface area contributed by atoms with Gasteiger partial charge in [-0.2, -0.15) is 5.26 Å². The van der Waals surface area contributed by atoms with Crippen molar-refractivity contribution in [3.05, 3.63) is 57.9 Å². The van der Waals surface area contributed by atoms with Gasteiger partial charge in [-0.25, -0.2) is 9.59 Å². The molecule has 8 heteroatoms. The first kappa shape index (κ1) is 24.4. The number of aryl methyl sites for hydroxylation is 1. The number of nitrogens with one attached hydrogen (secondary N) is 1. The van der Waals surface area contributed by atoms with Crippen LogP contribution in [0.2, 0.25) is 0 Å². The van der Waals surface area contributed by atoms with E-state index in [-0.39, 0.29) is 23.4 Å². The molecular formula is C24H27N3O5. The highest BCUT2D eigenvalue weighted by Gasteiger charge is 2.28. The Hall–Kier alpha value is -3.86. The molecule has 0 aliphatic rings. The summed E-state index contributed by atoms with van der Waals surface area (Å²) in [7, 11) is 3.81. The lowest BCUT2D eigenvalue weighted by molar-refractivity contribution is -0.141. The molecule has 0 radical (unpaired) electrons. The van der Waals surface area contributed by atoms with Crippen LogP contribution in [0.5, 0.6) is 0 Å². The van der Waals surface area contributed by atoms with Gasteiger partial charge >= 0.3 is 11.9 Å². The van der Waals surface area contributed by atoms with Crippen LogP contribution in [0.15, 0.2) is 29.8 Å². The maximum absolute atomic E-state index is 12.8. The predicted molar refractivity (Wildman–Crippen MR) is 120 cm³/mol. The monoisotopic (exact) mass is 437 g/mol. The molecule has 0 amide bonds. The fourth-order valence-corrected chi connectivity index (χ4v) is 3.16. The molecule has 1 N–H and O–H groups in total. The zero-order chi connectivity index (χ0) is 24.0. The molecule has 8 nitrogen and oxygen atoms in total. The molecule has 0 saturated heterocycles. The van der Waals surface area contributed by atoms with Gasteiger partial charge in [0, 0.05) is 25.5 Å². The van der Waals surface area contributed by atoms with E-state index in [1.54, 1.807) is 32.9 Å². The van der Waals surface area contributed by atoms with Gasteiger partial charge in [0.15, 0.2) is 6.10 Å². The minimum Gasteiger partial charge on any atom is -0.462 e. The molecule has 168 valence electrons. The van der Waals surface area contributed by atoms with Crippen molar-refractivity contribution in [3.8, 4) is 6.07 Å². The van der Waals surface area contributed by atoms with Gasteiger partial charge < -0.3 is 19.4 Å². The summed E-state index contributed by atoms with van der Waals surface area (Å²) in [4.78, 5) is 42.3. The van der Waals surface area contributed by atoms with Crippen LogP contribution in [0.25, 0.3) is 6.08 Å². The van der Waals surface area contributed by atoms with Crippen LogP contribution in [0.1, 0.15) is 51.5 Å². The van der Waals surface area contributed by atoms with Gasteiger partial charge in [0.05, 0.1) is 17.9 Å². The van der Waals surface area contributed by atoms with Crippen molar-refractivity contribution in [2.24, 2.45) is 0 Å². The molecule has 1 aromatic carbocycles. The number of carbonyl (C=O) groups excluding carboxylic acids is 3. The maximum Gasteiger partial charge on any atom is 0.349 e. The Kier molecular flexibility index (Phi) is 7.97. The standard InChI is InChI=1S/C24H27N3O5/c1-7-31-24(30)20-14(2)21(26-15(20)3)22(28)16(4)32-23(29)18(13-25)12-17-8-10-19(11-9-17)27(5)6/h8-12,16,26H,7H2,1-6H3/b18-12+. The van der Waals surface area contributed by atoms with E-state index in [9.17, 15) is 19.6 Å². The SMILES string of the molecule is CCOC(=O)c1c(C)[nH]c(C(=O)C(C)OC(=O)/C(C#N)=C/c2ccc(N(C)C)cc2)c1C. The summed E-state index contributed by atoms with van der Waals surface area (Å²) in [5.74, 6) is -1.95. The molecule has 0 aliphatic carbocycles. The number of Topliss-reactive ketones (excluding diaryl/α,β-unsaturated/α-hetero) is 1. The van der Waals surface area contributed by atoms with Crippen LogP contribution in [-0.2, 0) is 14.3 Å². The first-order valence-electron chi connectivity index (χ1n) is 10.1. The highest BCUT2D eigenvalue weighted by atomic mass is 16.5. The molecule has 1 atom stereocenters. The molecule has 1 aromatic heterocycles. The summed E-state index contributed by atoms with van der Waals surface area (Å²) >= 11 is 0. The van der Waals surface area contributed by atoms with Crippen molar-refractivity contribution >= 4 is 29.5 Å². The van der Waals surface area contributed by atoms with Gasteiger partial charge in [-0.3, -0.25) is 4.79 Å². The number of ketones is 1. The molecule has 0 fully saturated rings. The zero-order valence-electron chi connectivity index (χ0n) is 19.1. The summed E-state index contributed by atoms with van der Waals surface area (Å²) in [6.45, 7) is 6.60. The van der Waals surface area contributed by atoms with Crippen LogP contribution in [0.3, 0.4) is 0 Å². The molecule has 0 aliphatic heterocycles. The molecule has 0 bridgehead atoms. The fraction of sp³-hybridized carbons (Fsp3) is 0.333. The molecule has 2 rings (SSSR count). The Morgan fingerprint density at radius 2 is 1.81 bits per heavy atom. The molecule has 2 aromatic rings. The third-order valence-corrected chi connectivity index (χ3v) is 4.88. The van der Waals surface area contributed by atoms with Gasteiger partial charge in [-0.05, 0) is 57.0 Å². The van der Waals surface area contributed by atoms with Gasteiger partial charge in [-0.1, -0.05) is 12.1 Å². The first-order chi connectivity index (χ1) is 15.1. The summed E-state index contributed by atoms with van der Waals surface area (Å²) in [5, 5.41) is 9.39. The Morgan fingerprint density at radius 1 is 1.19 bits per heavy atom. The second kappa shape index (κ2) is 10.4. The number of carbonyl (C=O) groups is 3. The van der Waals surface area contributed by atoms with E-state index in [2.05, 4.69) is 4.98 Å². The van der Waals surface area contributed by atoms with E-state index < -0.39 is 23.8 Å². The minimum atomic E-state index is -1.16. The van der Waals surface area contributed by atoms with E-state index in [1.165, 1.54) is 13.0 Å². The summed E-state index contributed by atoms with van der Waals surface area (Å²) in [6, 6.07) is 9.08. The molecule has 0 saturated carbocycles. The van der Waals surface area contributed by atoms with Gasteiger partial charge in [0.2, 0.25) is 5.78 Å². The largest absolute Gasteiger partial charge is 0.462 e. The van der Waals surface area contributed by atoms with Crippen molar-refractivity contribution < 1.29 is 23.9 Å². The van der Waals surface area contributed by atoms with Crippen LogP contribution in [0, 0.1) is 25.2 Å². The Labute approximate surface area is 187 Å².